The van der Waals surface area contributed by atoms with Gasteiger partial charge >= 0.3 is 0 Å². The van der Waals surface area contributed by atoms with E-state index in [1.54, 1.807) is 12.1 Å². The number of imidazole rings is 1. The Labute approximate surface area is 230 Å². The van der Waals surface area contributed by atoms with Crippen molar-refractivity contribution >= 4 is 33.8 Å². The summed E-state index contributed by atoms with van der Waals surface area (Å²) >= 11 is 1.30. The number of anilines is 3. The van der Waals surface area contributed by atoms with Crippen LogP contribution in [0.3, 0.4) is 0 Å². The maximum absolute atomic E-state index is 13.5. The van der Waals surface area contributed by atoms with Gasteiger partial charge in [-0.2, -0.15) is 9.78 Å². The summed E-state index contributed by atoms with van der Waals surface area (Å²) in [5.41, 5.74) is 2.89. The van der Waals surface area contributed by atoms with E-state index in [2.05, 4.69) is 22.8 Å². The molecule has 5 heterocycles. The Morgan fingerprint density at radius 2 is 1.87 bits per heavy atom. The molecule has 2 aliphatic rings. The number of thiazole rings is 1. The lowest BCUT2D eigenvalue weighted by atomic mass is 10.1. The molecule has 9 nitrogen and oxygen atoms in total. The van der Waals surface area contributed by atoms with Crippen molar-refractivity contribution in [2.75, 3.05) is 43.0 Å². The van der Waals surface area contributed by atoms with Crippen LogP contribution in [-0.2, 0) is 6.42 Å². The second-order valence-corrected chi connectivity index (χ2v) is 11.2. The fourth-order valence-corrected chi connectivity index (χ4v) is 6.47. The SMILES string of the molecule is CCc1nc2ccc(N3CCC(N4CCC(O)CC4)C3)nn2c1N(C)c1nc(-c2ccc(F)cc2)c(C#N)s1. The van der Waals surface area contributed by atoms with Gasteiger partial charge in [0.1, 0.15) is 28.3 Å². The van der Waals surface area contributed by atoms with Crippen LogP contribution in [0, 0.1) is 17.1 Å². The third-order valence-electron chi connectivity index (χ3n) is 7.79. The van der Waals surface area contributed by atoms with Gasteiger partial charge in [0.25, 0.3) is 0 Å². The van der Waals surface area contributed by atoms with Crippen molar-refractivity contribution in [3.63, 3.8) is 0 Å². The highest BCUT2D eigenvalue weighted by Crippen LogP contribution is 2.37. The second kappa shape index (κ2) is 10.5. The second-order valence-electron chi connectivity index (χ2n) is 10.2. The number of likely N-dealkylation sites (tertiary alicyclic amines) is 1. The Hall–Kier alpha value is -3.59. The molecule has 4 aromatic rings. The lowest BCUT2D eigenvalue weighted by Gasteiger charge is -2.34. The normalized spacial score (nSPS) is 18.6. The maximum atomic E-state index is 13.5. The number of nitrogens with zero attached hydrogens (tertiary/aromatic N) is 8. The number of aliphatic hydroxyl groups is 1. The van der Waals surface area contributed by atoms with E-state index in [4.69, 9.17) is 15.1 Å². The molecule has 6 rings (SSSR count). The summed E-state index contributed by atoms with van der Waals surface area (Å²) in [6.07, 6.45) is 3.32. The minimum Gasteiger partial charge on any atom is -0.393 e. The quantitative estimate of drug-likeness (QED) is 0.384. The summed E-state index contributed by atoms with van der Waals surface area (Å²) in [6.45, 7) is 5.80. The molecule has 0 amide bonds. The number of piperidine rings is 1. The van der Waals surface area contributed by atoms with Gasteiger partial charge in [0.2, 0.25) is 0 Å². The lowest BCUT2D eigenvalue weighted by Crippen LogP contribution is -2.44. The molecule has 1 aromatic carbocycles. The molecule has 0 saturated carbocycles. The standard InChI is InChI=1S/C28H31FN8OS/c1-3-22-27(34(2)28-32-26(23(16-30)39-28)18-4-6-19(29)7-5-18)37-24(31-22)8-9-25(33-37)36-13-10-20(17-36)35-14-11-21(38)12-15-35/h4-9,20-21,38H,3,10-15,17H2,1-2H3. The molecule has 1 atom stereocenters. The van der Waals surface area contributed by atoms with Gasteiger partial charge in [-0.3, -0.25) is 4.90 Å². The van der Waals surface area contributed by atoms with Gasteiger partial charge in [-0.1, -0.05) is 18.3 Å². The minimum absolute atomic E-state index is 0.166. The van der Waals surface area contributed by atoms with E-state index in [-0.39, 0.29) is 11.9 Å². The van der Waals surface area contributed by atoms with Crippen LogP contribution in [0.1, 0.15) is 36.8 Å². The molecule has 11 heteroatoms. The number of rotatable bonds is 6. The van der Waals surface area contributed by atoms with Crippen molar-refractivity contribution in [2.45, 2.75) is 44.8 Å². The van der Waals surface area contributed by atoms with Crippen molar-refractivity contribution in [2.24, 2.45) is 0 Å². The highest BCUT2D eigenvalue weighted by Gasteiger charge is 2.31. The summed E-state index contributed by atoms with van der Waals surface area (Å²) in [5.74, 6) is 1.39. The predicted octanol–water partition coefficient (Wildman–Crippen LogP) is 4.23. The molecule has 1 N–H and O–H groups in total. The van der Waals surface area contributed by atoms with E-state index in [1.807, 2.05) is 28.6 Å². The molecule has 202 valence electrons. The molecule has 0 spiro atoms. The van der Waals surface area contributed by atoms with E-state index in [0.29, 0.717) is 33.7 Å². The van der Waals surface area contributed by atoms with Crippen LogP contribution < -0.4 is 9.80 Å². The van der Waals surface area contributed by atoms with Crippen molar-refractivity contribution in [1.29, 1.82) is 5.26 Å². The maximum Gasteiger partial charge on any atom is 0.192 e. The molecule has 2 aliphatic heterocycles. The van der Waals surface area contributed by atoms with Crippen LogP contribution in [0.4, 0.5) is 21.2 Å². The highest BCUT2D eigenvalue weighted by molar-refractivity contribution is 7.16. The molecular weight excluding hydrogens is 515 g/mol. The number of aliphatic hydroxyl groups excluding tert-OH is 1. The van der Waals surface area contributed by atoms with Crippen molar-refractivity contribution in [3.05, 3.63) is 52.8 Å². The minimum atomic E-state index is -0.330. The average molecular weight is 547 g/mol. The number of aromatic nitrogens is 4. The first-order valence-electron chi connectivity index (χ1n) is 13.4. The van der Waals surface area contributed by atoms with Gasteiger partial charge < -0.3 is 14.9 Å². The largest absolute Gasteiger partial charge is 0.393 e. The van der Waals surface area contributed by atoms with Gasteiger partial charge in [-0.15, -0.1) is 5.10 Å². The molecule has 1 unspecified atom stereocenters. The number of benzene rings is 1. The third kappa shape index (κ3) is 4.84. The molecule has 3 aromatic heterocycles. The Morgan fingerprint density at radius 1 is 1.10 bits per heavy atom. The van der Waals surface area contributed by atoms with E-state index in [1.165, 1.54) is 23.5 Å². The molecule has 2 fully saturated rings. The number of aryl methyl sites for hydroxylation is 1. The smallest absolute Gasteiger partial charge is 0.192 e. The summed E-state index contributed by atoms with van der Waals surface area (Å²) in [7, 11) is 1.92. The van der Waals surface area contributed by atoms with Crippen molar-refractivity contribution < 1.29 is 9.50 Å². The van der Waals surface area contributed by atoms with E-state index in [0.717, 1.165) is 68.4 Å². The van der Waals surface area contributed by atoms with Crippen LogP contribution in [0.2, 0.25) is 0 Å². The molecule has 0 bridgehead atoms. The van der Waals surface area contributed by atoms with Gasteiger partial charge in [0.05, 0.1) is 11.8 Å². The lowest BCUT2D eigenvalue weighted by molar-refractivity contribution is 0.0653. The van der Waals surface area contributed by atoms with Crippen molar-refractivity contribution in [1.82, 2.24) is 24.5 Å². The molecule has 0 radical (unpaired) electrons. The zero-order chi connectivity index (χ0) is 27.1. The highest BCUT2D eigenvalue weighted by atomic mass is 32.1. The first kappa shape index (κ1) is 25.7. The summed E-state index contributed by atoms with van der Waals surface area (Å²) in [6, 6.07) is 12.8. The fourth-order valence-electron chi connectivity index (χ4n) is 5.62. The van der Waals surface area contributed by atoms with Gasteiger partial charge in [-0.25, -0.2) is 14.4 Å². The Balaban J connectivity index is 1.31. The topological polar surface area (TPSA) is 96.8 Å². The van der Waals surface area contributed by atoms with E-state index in [9.17, 15) is 14.8 Å². The summed E-state index contributed by atoms with van der Waals surface area (Å²) in [4.78, 5) is 16.9. The predicted molar refractivity (Wildman–Crippen MR) is 150 cm³/mol. The van der Waals surface area contributed by atoms with E-state index >= 15 is 0 Å². The fraction of sp³-hybridized carbons (Fsp3) is 0.429. The first-order valence-corrected chi connectivity index (χ1v) is 14.2. The van der Waals surface area contributed by atoms with Crippen LogP contribution in [-0.4, -0.2) is 75.0 Å². The summed E-state index contributed by atoms with van der Waals surface area (Å²) < 4.78 is 15.4. The van der Waals surface area contributed by atoms with Crippen LogP contribution >= 0.6 is 11.3 Å². The average Bonchev–Trinajstić information content (AvgIpc) is 3.70. The summed E-state index contributed by atoms with van der Waals surface area (Å²) in [5, 5.41) is 25.3. The van der Waals surface area contributed by atoms with E-state index < -0.39 is 0 Å². The molecular formula is C28H31FN8OS. The van der Waals surface area contributed by atoms with Crippen molar-refractivity contribution in [3.8, 4) is 17.3 Å². The molecule has 39 heavy (non-hydrogen) atoms. The number of hydrogen-bond acceptors (Lipinski definition) is 9. The number of halogens is 1. The monoisotopic (exact) mass is 546 g/mol. The van der Waals surface area contributed by atoms with Gasteiger partial charge in [0.15, 0.2) is 16.6 Å². The van der Waals surface area contributed by atoms with Crippen LogP contribution in [0.25, 0.3) is 16.9 Å². The Kier molecular flexibility index (Phi) is 6.93. The number of nitriles is 1. The first-order chi connectivity index (χ1) is 18.9. The Morgan fingerprint density at radius 3 is 2.59 bits per heavy atom. The third-order valence-corrected chi connectivity index (χ3v) is 8.82. The number of fused-ring (bicyclic) bond motifs is 1. The van der Waals surface area contributed by atoms with Gasteiger partial charge in [-0.05, 0) is 62.1 Å². The van der Waals surface area contributed by atoms with Gasteiger partial charge in [0, 0.05) is 44.8 Å². The van der Waals surface area contributed by atoms with Crippen LogP contribution in [0.15, 0.2) is 36.4 Å². The molecule has 2 saturated heterocycles. The zero-order valence-corrected chi connectivity index (χ0v) is 22.9. The molecule has 0 aliphatic carbocycles. The Bertz CT molecular complexity index is 1520. The zero-order valence-electron chi connectivity index (χ0n) is 22.1. The van der Waals surface area contributed by atoms with Crippen LogP contribution in [0.5, 0.6) is 0 Å². The number of hydrogen-bond donors (Lipinski definition) is 1.